The summed E-state index contributed by atoms with van der Waals surface area (Å²) in [4.78, 5) is 12.4. The molecule has 3 aromatic carbocycles. The van der Waals surface area contributed by atoms with E-state index in [1.165, 1.54) is 6.08 Å². The van der Waals surface area contributed by atoms with Gasteiger partial charge in [-0.3, -0.25) is 4.79 Å². The maximum absolute atomic E-state index is 12.4. The number of anilines is 1. The Bertz CT molecular complexity index is 1020. The number of amides is 1. The van der Waals surface area contributed by atoms with Crippen LogP contribution in [0.1, 0.15) is 16.7 Å². The van der Waals surface area contributed by atoms with Gasteiger partial charge in [0.1, 0.15) is 6.61 Å². The number of para-hydroxylation sites is 1. The van der Waals surface area contributed by atoms with Crippen molar-refractivity contribution in [1.29, 1.82) is 0 Å². The number of rotatable bonds is 7. The van der Waals surface area contributed by atoms with Crippen molar-refractivity contribution in [2.24, 2.45) is 0 Å². The average molecular weight is 408 g/mol. The van der Waals surface area contributed by atoms with E-state index in [1.54, 1.807) is 25.3 Å². The number of aryl methyl sites for hydroxylation is 1. The first-order valence-electron chi connectivity index (χ1n) is 9.16. The zero-order chi connectivity index (χ0) is 20.6. The van der Waals surface area contributed by atoms with E-state index < -0.39 is 0 Å². The number of carbonyl (C=O) groups excluding carboxylic acids is 1. The summed E-state index contributed by atoms with van der Waals surface area (Å²) in [5, 5.41) is 3.41. The fraction of sp³-hybridized carbons (Fsp3) is 0.125. The Morgan fingerprint density at radius 2 is 1.86 bits per heavy atom. The molecule has 5 heteroatoms. The van der Waals surface area contributed by atoms with E-state index in [0.717, 1.165) is 16.7 Å². The second-order valence-electron chi connectivity index (χ2n) is 6.43. The highest BCUT2D eigenvalue weighted by Gasteiger charge is 2.10. The van der Waals surface area contributed by atoms with E-state index in [-0.39, 0.29) is 5.91 Å². The number of methoxy groups -OCH3 is 1. The number of ether oxygens (including phenoxy) is 2. The number of benzene rings is 3. The monoisotopic (exact) mass is 407 g/mol. The molecule has 148 valence electrons. The average Bonchev–Trinajstić information content (AvgIpc) is 2.74. The molecule has 0 aliphatic rings. The van der Waals surface area contributed by atoms with Gasteiger partial charge in [-0.1, -0.05) is 60.1 Å². The van der Waals surface area contributed by atoms with Crippen LogP contribution in [-0.4, -0.2) is 13.0 Å². The Morgan fingerprint density at radius 1 is 1.07 bits per heavy atom. The molecule has 0 saturated carbocycles. The second kappa shape index (κ2) is 9.80. The zero-order valence-corrected chi connectivity index (χ0v) is 17.1. The van der Waals surface area contributed by atoms with Gasteiger partial charge in [0.2, 0.25) is 5.91 Å². The largest absolute Gasteiger partial charge is 0.493 e. The van der Waals surface area contributed by atoms with Gasteiger partial charge in [0.25, 0.3) is 0 Å². The van der Waals surface area contributed by atoms with Gasteiger partial charge in [0.05, 0.1) is 7.11 Å². The first kappa shape index (κ1) is 20.5. The highest BCUT2D eigenvalue weighted by Crippen LogP contribution is 2.32. The van der Waals surface area contributed by atoms with E-state index >= 15 is 0 Å². The molecule has 0 radical (unpaired) electrons. The fourth-order valence-corrected chi connectivity index (χ4v) is 2.95. The van der Waals surface area contributed by atoms with Crippen molar-refractivity contribution >= 4 is 29.3 Å². The predicted molar refractivity (Wildman–Crippen MR) is 118 cm³/mol. The Hall–Kier alpha value is -3.24. The molecule has 0 atom stereocenters. The molecule has 0 heterocycles. The van der Waals surface area contributed by atoms with Crippen molar-refractivity contribution in [2.45, 2.75) is 13.5 Å². The molecule has 1 N–H and O–H groups in total. The number of halogens is 1. The van der Waals surface area contributed by atoms with Gasteiger partial charge in [0, 0.05) is 22.3 Å². The number of hydrogen-bond donors (Lipinski definition) is 1. The van der Waals surface area contributed by atoms with Gasteiger partial charge < -0.3 is 14.8 Å². The summed E-state index contributed by atoms with van der Waals surface area (Å²) in [5.41, 5.74) is 3.41. The quantitative estimate of drug-likeness (QED) is 0.497. The van der Waals surface area contributed by atoms with Crippen molar-refractivity contribution in [2.75, 3.05) is 12.4 Å². The maximum Gasteiger partial charge on any atom is 0.248 e. The number of nitrogens with one attached hydrogen (secondary N) is 1. The summed E-state index contributed by atoms with van der Waals surface area (Å²) in [6.45, 7) is 2.31. The van der Waals surface area contributed by atoms with E-state index in [0.29, 0.717) is 28.8 Å². The van der Waals surface area contributed by atoms with Crippen molar-refractivity contribution in [3.8, 4) is 11.5 Å². The molecule has 3 aromatic rings. The lowest BCUT2D eigenvalue weighted by molar-refractivity contribution is -0.111. The minimum absolute atomic E-state index is 0.257. The lowest BCUT2D eigenvalue weighted by atomic mass is 10.1. The SMILES string of the molecule is COc1cccc(/C=C/C(=O)Nc2cc(Cl)ccc2C)c1OCc1ccccc1. The standard InChI is InChI=1S/C24H22ClNO3/c1-17-11-13-20(25)15-21(17)26-23(27)14-12-19-9-6-10-22(28-2)24(19)29-16-18-7-4-3-5-8-18/h3-15H,16H2,1-2H3,(H,26,27)/b14-12+. The van der Waals surface area contributed by atoms with Gasteiger partial charge in [-0.25, -0.2) is 0 Å². The van der Waals surface area contributed by atoms with Crippen molar-refractivity contribution < 1.29 is 14.3 Å². The van der Waals surface area contributed by atoms with Crippen LogP contribution in [-0.2, 0) is 11.4 Å². The van der Waals surface area contributed by atoms with Crippen LogP contribution in [0.5, 0.6) is 11.5 Å². The van der Waals surface area contributed by atoms with E-state index in [2.05, 4.69) is 5.32 Å². The molecule has 4 nitrogen and oxygen atoms in total. The van der Waals surface area contributed by atoms with Crippen LogP contribution >= 0.6 is 11.6 Å². The van der Waals surface area contributed by atoms with E-state index in [9.17, 15) is 4.79 Å². The van der Waals surface area contributed by atoms with E-state index in [4.69, 9.17) is 21.1 Å². The molecule has 3 rings (SSSR count). The Morgan fingerprint density at radius 3 is 2.62 bits per heavy atom. The molecule has 29 heavy (non-hydrogen) atoms. The summed E-state index contributed by atoms with van der Waals surface area (Å²) in [5.74, 6) is 0.934. The lowest BCUT2D eigenvalue weighted by Crippen LogP contribution is -2.09. The minimum atomic E-state index is -0.257. The van der Waals surface area contributed by atoms with Crippen LogP contribution in [0.25, 0.3) is 6.08 Å². The summed E-state index contributed by atoms with van der Waals surface area (Å²) < 4.78 is 11.4. The molecule has 0 unspecified atom stereocenters. The van der Waals surface area contributed by atoms with Crippen LogP contribution in [0.2, 0.25) is 5.02 Å². The molecule has 0 bridgehead atoms. The van der Waals surface area contributed by atoms with Gasteiger partial charge in [0.15, 0.2) is 11.5 Å². The molecule has 0 aromatic heterocycles. The minimum Gasteiger partial charge on any atom is -0.493 e. The fourth-order valence-electron chi connectivity index (χ4n) is 2.78. The summed E-state index contributed by atoms with van der Waals surface area (Å²) in [7, 11) is 1.59. The van der Waals surface area contributed by atoms with Crippen molar-refractivity contribution in [3.05, 3.63) is 94.5 Å². The first-order valence-corrected chi connectivity index (χ1v) is 9.53. The van der Waals surface area contributed by atoms with Crippen molar-refractivity contribution in [1.82, 2.24) is 0 Å². The van der Waals surface area contributed by atoms with Crippen LogP contribution < -0.4 is 14.8 Å². The third kappa shape index (κ3) is 5.62. The molecule has 0 fully saturated rings. The summed E-state index contributed by atoms with van der Waals surface area (Å²) >= 11 is 6.01. The Kier molecular flexibility index (Phi) is 6.93. The van der Waals surface area contributed by atoms with Crippen LogP contribution in [0.4, 0.5) is 5.69 Å². The molecule has 0 aliphatic heterocycles. The molecule has 0 aliphatic carbocycles. The Balaban J connectivity index is 1.77. The third-order valence-corrected chi connectivity index (χ3v) is 4.56. The Labute approximate surface area is 175 Å². The first-order chi connectivity index (χ1) is 14.1. The summed E-state index contributed by atoms with van der Waals surface area (Å²) in [6.07, 6.45) is 3.17. The van der Waals surface area contributed by atoms with Crippen molar-refractivity contribution in [3.63, 3.8) is 0 Å². The molecule has 0 saturated heterocycles. The van der Waals surface area contributed by atoms with Crippen LogP contribution in [0, 0.1) is 6.92 Å². The maximum atomic E-state index is 12.4. The van der Waals surface area contributed by atoms with Gasteiger partial charge >= 0.3 is 0 Å². The number of carbonyl (C=O) groups is 1. The highest BCUT2D eigenvalue weighted by molar-refractivity contribution is 6.31. The number of hydrogen-bond acceptors (Lipinski definition) is 3. The summed E-state index contributed by atoms with van der Waals surface area (Å²) in [6, 6.07) is 20.8. The van der Waals surface area contributed by atoms with Crippen LogP contribution in [0.15, 0.2) is 72.8 Å². The zero-order valence-electron chi connectivity index (χ0n) is 16.3. The van der Waals surface area contributed by atoms with Gasteiger partial charge in [-0.15, -0.1) is 0 Å². The highest BCUT2D eigenvalue weighted by atomic mass is 35.5. The van der Waals surface area contributed by atoms with Gasteiger partial charge in [-0.2, -0.15) is 0 Å². The third-order valence-electron chi connectivity index (χ3n) is 4.33. The van der Waals surface area contributed by atoms with Gasteiger partial charge in [-0.05, 0) is 42.3 Å². The molecule has 1 amide bonds. The van der Waals surface area contributed by atoms with E-state index in [1.807, 2.05) is 61.5 Å². The molecular formula is C24H22ClNO3. The molecular weight excluding hydrogens is 386 g/mol. The smallest absolute Gasteiger partial charge is 0.248 e. The normalized spacial score (nSPS) is 10.7. The lowest BCUT2D eigenvalue weighted by Gasteiger charge is -2.13. The predicted octanol–water partition coefficient (Wildman–Crippen LogP) is 5.89. The molecule has 0 spiro atoms. The van der Waals surface area contributed by atoms with Crippen LogP contribution in [0.3, 0.4) is 0 Å². The second-order valence-corrected chi connectivity index (χ2v) is 6.87. The topological polar surface area (TPSA) is 47.6 Å².